The monoisotopic (exact) mass is 360 g/mol. The second-order valence-electron chi connectivity index (χ2n) is 1.84. The van der Waals surface area contributed by atoms with Crippen LogP contribution in [0.1, 0.15) is 12.5 Å². The lowest BCUT2D eigenvalue weighted by molar-refractivity contribution is 0.931. The van der Waals surface area contributed by atoms with E-state index in [1.807, 2.05) is 0 Å². The topological polar surface area (TPSA) is 25.8 Å². The van der Waals surface area contributed by atoms with Gasteiger partial charge in [0.05, 0.1) is 0 Å². The highest BCUT2D eigenvalue weighted by Gasteiger charge is 1.98. The maximum atomic E-state index is 3.98. The third-order valence-electron chi connectivity index (χ3n) is 1.17. The summed E-state index contributed by atoms with van der Waals surface area (Å²) in [4.78, 5) is 0. The van der Waals surface area contributed by atoms with Crippen molar-refractivity contribution in [2.24, 2.45) is 0 Å². The van der Waals surface area contributed by atoms with Crippen LogP contribution in [0.25, 0.3) is 0 Å². The number of nitrogens with zero attached hydrogens (tertiary/aromatic N) is 2. The van der Waals surface area contributed by atoms with Gasteiger partial charge in [0.1, 0.15) is 7.40 Å². The van der Waals surface area contributed by atoms with Crippen LogP contribution >= 0.6 is 45.2 Å². The fourth-order valence-corrected chi connectivity index (χ4v) is 1.76. The Bertz CT molecular complexity index is 237. The summed E-state index contributed by atoms with van der Waals surface area (Å²) in [6.45, 7) is 2.12. The molecule has 54 valence electrons. The van der Waals surface area contributed by atoms with Crippen molar-refractivity contribution in [3.05, 3.63) is 19.0 Å². The van der Waals surface area contributed by atoms with E-state index in [0.717, 1.165) is 13.8 Å². The van der Waals surface area contributed by atoms with Gasteiger partial charge in [-0.2, -0.15) is 0 Å². The zero-order valence-electron chi connectivity index (χ0n) is 5.43. The number of halogens is 2. The van der Waals surface area contributed by atoms with E-state index in [4.69, 9.17) is 0 Å². The number of aryl methyl sites for hydroxylation is 1. The van der Waals surface area contributed by atoms with Gasteiger partial charge in [-0.25, -0.2) is 0 Å². The van der Waals surface area contributed by atoms with Crippen molar-refractivity contribution < 1.29 is 0 Å². The Balaban J connectivity index is 3.09. The van der Waals surface area contributed by atoms with E-state index in [9.17, 15) is 0 Å². The molecule has 0 saturated carbocycles. The fraction of sp³-hybridized carbons (Fsp3) is 0.333. The maximum absolute atomic E-state index is 3.98. The van der Waals surface area contributed by atoms with Gasteiger partial charge in [-0.05, 0) is 63.2 Å². The molecule has 1 aromatic rings. The first-order valence-electron chi connectivity index (χ1n) is 2.91. The summed E-state index contributed by atoms with van der Waals surface area (Å²) in [5.74, 6) is 0. The van der Waals surface area contributed by atoms with Crippen LogP contribution in [0.3, 0.4) is 0 Å². The van der Waals surface area contributed by atoms with Crippen LogP contribution in [0, 0.1) is 7.40 Å². The average molecular weight is 360 g/mol. The first kappa shape index (κ1) is 8.63. The van der Waals surface area contributed by atoms with Crippen molar-refractivity contribution >= 4 is 45.2 Å². The highest BCUT2D eigenvalue weighted by atomic mass is 127. The van der Waals surface area contributed by atoms with Gasteiger partial charge in [-0.3, -0.25) is 0 Å². The Morgan fingerprint density at radius 3 is 2.60 bits per heavy atom. The Morgan fingerprint density at radius 2 is 2.10 bits per heavy atom. The molecule has 1 rings (SSSR count). The van der Waals surface area contributed by atoms with E-state index < -0.39 is 0 Å². The molecule has 0 unspecified atom stereocenters. The third kappa shape index (κ3) is 2.01. The minimum Gasteiger partial charge on any atom is -0.143 e. The maximum Gasteiger partial charge on any atom is 0.127 e. The molecular weight excluding hydrogens is 354 g/mol. The minimum atomic E-state index is 0.967. The molecule has 0 aliphatic rings. The molecule has 0 amide bonds. The van der Waals surface area contributed by atoms with Crippen molar-refractivity contribution in [2.75, 3.05) is 0 Å². The van der Waals surface area contributed by atoms with Crippen LogP contribution in [0.4, 0.5) is 0 Å². The largest absolute Gasteiger partial charge is 0.143 e. The molecule has 1 heterocycles. The van der Waals surface area contributed by atoms with E-state index in [0.29, 0.717) is 0 Å². The molecule has 0 saturated heterocycles. The molecule has 10 heavy (non-hydrogen) atoms. The molecule has 0 aromatic carbocycles. The lowest BCUT2D eigenvalue weighted by Gasteiger charge is -1.97. The van der Waals surface area contributed by atoms with Crippen LogP contribution in [-0.4, -0.2) is 10.2 Å². The molecular formula is C6H6I2N2. The summed E-state index contributed by atoms with van der Waals surface area (Å²) in [6.07, 6.45) is 1.03. The van der Waals surface area contributed by atoms with Gasteiger partial charge in [0.2, 0.25) is 0 Å². The summed E-state index contributed by atoms with van der Waals surface area (Å²) in [6, 6.07) is 2.06. The van der Waals surface area contributed by atoms with E-state index in [1.54, 1.807) is 0 Å². The highest BCUT2D eigenvalue weighted by Crippen LogP contribution is 2.10. The second-order valence-corrected chi connectivity index (χ2v) is 3.96. The van der Waals surface area contributed by atoms with Gasteiger partial charge in [-0.15, -0.1) is 10.2 Å². The van der Waals surface area contributed by atoms with Crippen LogP contribution in [0.15, 0.2) is 6.07 Å². The van der Waals surface area contributed by atoms with E-state index in [2.05, 4.69) is 68.4 Å². The van der Waals surface area contributed by atoms with Gasteiger partial charge >= 0.3 is 0 Å². The van der Waals surface area contributed by atoms with Crippen molar-refractivity contribution in [3.8, 4) is 0 Å². The lowest BCUT2D eigenvalue weighted by atomic mass is 10.2. The number of aromatic nitrogens is 2. The SMILES string of the molecule is CCc1cc(I)nnc1I. The Kier molecular flexibility index (Phi) is 3.28. The standard InChI is InChI=1S/C6H6I2N2/c1-2-4-3-5(7)9-10-6(4)8/h3H,2H2,1H3. The van der Waals surface area contributed by atoms with Gasteiger partial charge in [0.15, 0.2) is 0 Å². The Hall–Kier alpha value is 0.540. The molecule has 0 fully saturated rings. The smallest absolute Gasteiger partial charge is 0.127 e. The molecule has 0 spiro atoms. The number of hydrogen-bond acceptors (Lipinski definition) is 2. The quantitative estimate of drug-likeness (QED) is 0.719. The zero-order chi connectivity index (χ0) is 7.56. The molecule has 1 aromatic heterocycles. The predicted octanol–water partition coefficient (Wildman–Crippen LogP) is 2.25. The molecule has 0 N–H and O–H groups in total. The van der Waals surface area contributed by atoms with Gasteiger partial charge < -0.3 is 0 Å². The van der Waals surface area contributed by atoms with E-state index >= 15 is 0 Å². The molecule has 0 radical (unpaired) electrons. The third-order valence-corrected chi connectivity index (χ3v) is 2.61. The summed E-state index contributed by atoms with van der Waals surface area (Å²) in [5, 5.41) is 7.90. The van der Waals surface area contributed by atoms with Crippen LogP contribution in [0.2, 0.25) is 0 Å². The number of hydrogen-bond donors (Lipinski definition) is 0. The van der Waals surface area contributed by atoms with E-state index in [1.165, 1.54) is 5.56 Å². The van der Waals surface area contributed by atoms with Crippen molar-refractivity contribution in [1.29, 1.82) is 0 Å². The zero-order valence-corrected chi connectivity index (χ0v) is 9.75. The van der Waals surface area contributed by atoms with Gasteiger partial charge in [0.25, 0.3) is 0 Å². The summed E-state index contributed by atoms with van der Waals surface area (Å²) >= 11 is 4.37. The molecule has 0 aliphatic carbocycles. The second kappa shape index (κ2) is 3.80. The first-order valence-corrected chi connectivity index (χ1v) is 5.07. The van der Waals surface area contributed by atoms with Crippen LogP contribution < -0.4 is 0 Å². The summed E-state index contributed by atoms with van der Waals surface area (Å²) in [5.41, 5.74) is 1.28. The molecule has 4 heteroatoms. The average Bonchev–Trinajstić information content (AvgIpc) is 1.94. The highest BCUT2D eigenvalue weighted by molar-refractivity contribution is 14.1. The van der Waals surface area contributed by atoms with Crippen molar-refractivity contribution in [1.82, 2.24) is 10.2 Å². The summed E-state index contributed by atoms with van der Waals surface area (Å²) in [7, 11) is 0. The normalized spacial score (nSPS) is 9.90. The molecule has 0 bridgehead atoms. The minimum absolute atomic E-state index is 0.967. The lowest BCUT2D eigenvalue weighted by Crippen LogP contribution is -1.95. The molecule has 2 nitrogen and oxygen atoms in total. The van der Waals surface area contributed by atoms with Crippen LogP contribution in [0.5, 0.6) is 0 Å². The van der Waals surface area contributed by atoms with Gasteiger partial charge in [0, 0.05) is 0 Å². The van der Waals surface area contributed by atoms with Gasteiger partial charge in [-0.1, -0.05) is 6.92 Å². The predicted molar refractivity (Wildman–Crippen MR) is 56.8 cm³/mol. The van der Waals surface area contributed by atoms with Crippen molar-refractivity contribution in [2.45, 2.75) is 13.3 Å². The number of rotatable bonds is 1. The molecule has 0 atom stereocenters. The first-order chi connectivity index (χ1) is 4.74. The van der Waals surface area contributed by atoms with E-state index in [-0.39, 0.29) is 0 Å². The Morgan fingerprint density at radius 1 is 1.40 bits per heavy atom. The van der Waals surface area contributed by atoms with Crippen molar-refractivity contribution in [3.63, 3.8) is 0 Å². The summed E-state index contributed by atoms with van der Waals surface area (Å²) < 4.78 is 1.98. The Labute approximate surface area is 87.1 Å². The van der Waals surface area contributed by atoms with Crippen LogP contribution in [-0.2, 0) is 6.42 Å². The molecule has 0 aliphatic heterocycles. The fourth-order valence-electron chi connectivity index (χ4n) is 0.636.